The minimum Gasteiger partial charge on any atom is -0.462 e. The van der Waals surface area contributed by atoms with Crippen molar-refractivity contribution in [1.82, 2.24) is 19.5 Å². The number of rotatable bonds is 3. The third kappa shape index (κ3) is 4.44. The molecule has 0 aliphatic carbocycles. The first-order valence-electron chi connectivity index (χ1n) is 9.88. The number of aryl methyl sites for hydroxylation is 1. The van der Waals surface area contributed by atoms with Gasteiger partial charge in [0.25, 0.3) is 5.56 Å². The molecule has 2 aromatic heterocycles. The van der Waals surface area contributed by atoms with Gasteiger partial charge in [-0.3, -0.25) is 4.79 Å². The van der Waals surface area contributed by atoms with Crippen LogP contribution in [0.1, 0.15) is 68.2 Å². The fraction of sp³-hybridized carbons (Fsp3) is 0.600. The Bertz CT molecular complexity index is 977. The number of nitrogens with one attached hydrogen (secondary N) is 1. The zero-order chi connectivity index (χ0) is 21.3. The minimum atomic E-state index is -0.539. The van der Waals surface area contributed by atoms with Crippen LogP contribution < -0.4 is 5.56 Å². The van der Waals surface area contributed by atoms with Gasteiger partial charge in [-0.2, -0.15) is 5.10 Å². The normalized spacial score (nSPS) is 15.6. The largest absolute Gasteiger partial charge is 0.462 e. The van der Waals surface area contributed by atoms with E-state index < -0.39 is 11.6 Å². The van der Waals surface area contributed by atoms with Gasteiger partial charge < -0.3 is 19.4 Å². The van der Waals surface area contributed by atoms with Gasteiger partial charge in [-0.1, -0.05) is 0 Å². The van der Waals surface area contributed by atoms with Gasteiger partial charge in [-0.05, 0) is 47.5 Å². The number of fused-ring (bicyclic) bond motifs is 1. The highest BCUT2D eigenvalue weighted by Crippen LogP contribution is 2.29. The summed E-state index contributed by atoms with van der Waals surface area (Å²) in [5.74, 6) is -0.472. The number of H-pyrrole nitrogens is 1. The molecule has 9 nitrogen and oxygen atoms in total. The molecule has 3 heterocycles. The lowest BCUT2D eigenvalue weighted by Gasteiger charge is -2.33. The van der Waals surface area contributed by atoms with Gasteiger partial charge in [0.15, 0.2) is 5.65 Å². The van der Waals surface area contributed by atoms with Crippen LogP contribution in [-0.4, -0.2) is 56.9 Å². The number of likely N-dealkylation sites (tertiary alicyclic amines) is 1. The van der Waals surface area contributed by atoms with Gasteiger partial charge in [0.2, 0.25) is 0 Å². The lowest BCUT2D eigenvalue weighted by Crippen LogP contribution is -2.41. The molecule has 29 heavy (non-hydrogen) atoms. The summed E-state index contributed by atoms with van der Waals surface area (Å²) in [5.41, 5.74) is 1.01. The molecule has 158 valence electrons. The molecule has 1 N–H and O–H groups in total. The first-order valence-corrected chi connectivity index (χ1v) is 9.88. The summed E-state index contributed by atoms with van der Waals surface area (Å²) in [4.78, 5) is 41.3. The average molecular weight is 404 g/mol. The molecule has 0 atom stereocenters. The summed E-state index contributed by atoms with van der Waals surface area (Å²) in [6, 6.07) is 1.52. The third-order valence-electron chi connectivity index (χ3n) is 4.87. The first-order chi connectivity index (χ1) is 13.6. The van der Waals surface area contributed by atoms with Crippen molar-refractivity contribution in [2.75, 3.05) is 19.7 Å². The highest BCUT2D eigenvalue weighted by atomic mass is 16.6. The molecule has 2 aromatic rings. The fourth-order valence-electron chi connectivity index (χ4n) is 3.60. The Morgan fingerprint density at radius 3 is 2.52 bits per heavy atom. The van der Waals surface area contributed by atoms with Gasteiger partial charge >= 0.3 is 12.1 Å². The highest BCUT2D eigenvalue weighted by Gasteiger charge is 2.30. The van der Waals surface area contributed by atoms with E-state index in [9.17, 15) is 14.4 Å². The van der Waals surface area contributed by atoms with E-state index in [0.29, 0.717) is 37.3 Å². The lowest BCUT2D eigenvalue weighted by atomic mass is 9.93. The second kappa shape index (κ2) is 7.88. The Labute approximate surface area is 169 Å². The van der Waals surface area contributed by atoms with Gasteiger partial charge in [-0.25, -0.2) is 14.1 Å². The number of amides is 1. The van der Waals surface area contributed by atoms with Crippen molar-refractivity contribution in [3.63, 3.8) is 0 Å². The van der Waals surface area contributed by atoms with Crippen LogP contribution in [-0.2, 0) is 9.47 Å². The zero-order valence-corrected chi connectivity index (χ0v) is 17.6. The Kier molecular flexibility index (Phi) is 5.68. The SMILES string of the molecule is CCOC(=O)c1c(C)nn2c(C3CCN(C(=O)OC(C)(C)C)CC3)cc(=O)[nH]c12. The van der Waals surface area contributed by atoms with E-state index in [2.05, 4.69) is 10.1 Å². The van der Waals surface area contributed by atoms with E-state index in [1.165, 1.54) is 6.07 Å². The summed E-state index contributed by atoms with van der Waals surface area (Å²) in [5, 5.41) is 4.48. The van der Waals surface area contributed by atoms with E-state index in [0.717, 1.165) is 5.69 Å². The summed E-state index contributed by atoms with van der Waals surface area (Å²) in [6.07, 6.45) is 1.02. The molecule has 9 heteroatoms. The Hall–Kier alpha value is -2.84. The second-order valence-corrected chi connectivity index (χ2v) is 8.24. The predicted molar refractivity (Wildman–Crippen MR) is 106 cm³/mol. The minimum absolute atomic E-state index is 0.0350. The molecule has 0 radical (unpaired) electrons. The molecule has 1 aliphatic heterocycles. The van der Waals surface area contributed by atoms with Crippen LogP contribution in [0.2, 0.25) is 0 Å². The lowest BCUT2D eigenvalue weighted by molar-refractivity contribution is 0.0203. The molecule has 1 saturated heterocycles. The van der Waals surface area contributed by atoms with Crippen LogP contribution in [0.5, 0.6) is 0 Å². The summed E-state index contributed by atoms with van der Waals surface area (Å²) in [7, 11) is 0. The fourth-order valence-corrected chi connectivity index (χ4v) is 3.60. The summed E-state index contributed by atoms with van der Waals surface area (Å²) in [6.45, 7) is 10.3. The van der Waals surface area contributed by atoms with Crippen molar-refractivity contribution < 1.29 is 19.1 Å². The van der Waals surface area contributed by atoms with Gasteiger partial charge in [0.05, 0.1) is 18.0 Å². The second-order valence-electron chi connectivity index (χ2n) is 8.24. The first kappa shape index (κ1) is 20.9. The molecule has 1 amide bonds. The number of carbonyl (C=O) groups is 2. The predicted octanol–water partition coefficient (Wildman–Crippen LogP) is 2.62. The number of ether oxygens (including phenoxy) is 2. The Morgan fingerprint density at radius 2 is 1.93 bits per heavy atom. The van der Waals surface area contributed by atoms with Gasteiger partial charge in [-0.15, -0.1) is 0 Å². The van der Waals surface area contributed by atoms with E-state index in [-0.39, 0.29) is 29.7 Å². The number of carbonyl (C=O) groups excluding carboxylic acids is 2. The standard InChI is InChI=1S/C20H28N4O5/c1-6-28-18(26)16-12(2)22-24-14(11-15(25)21-17(16)24)13-7-9-23(10-8-13)19(27)29-20(3,4)5/h11,13H,6-10H2,1-5H3,(H,21,25). The number of esters is 1. The van der Waals surface area contributed by atoms with E-state index in [1.54, 1.807) is 23.3 Å². The molecule has 0 spiro atoms. The van der Waals surface area contributed by atoms with Crippen molar-refractivity contribution in [3.05, 3.63) is 33.4 Å². The molecule has 0 saturated carbocycles. The van der Waals surface area contributed by atoms with Crippen molar-refractivity contribution in [1.29, 1.82) is 0 Å². The molecule has 0 unspecified atom stereocenters. The Morgan fingerprint density at radius 1 is 1.28 bits per heavy atom. The Balaban J connectivity index is 1.86. The third-order valence-corrected chi connectivity index (χ3v) is 4.87. The highest BCUT2D eigenvalue weighted by molar-refractivity contribution is 5.97. The topological polar surface area (TPSA) is 106 Å². The van der Waals surface area contributed by atoms with E-state index in [4.69, 9.17) is 9.47 Å². The maximum Gasteiger partial charge on any atom is 0.410 e. The number of aromatic amines is 1. The molecule has 0 aromatic carbocycles. The number of piperidine rings is 1. The van der Waals surface area contributed by atoms with Crippen LogP contribution in [0, 0.1) is 6.92 Å². The van der Waals surface area contributed by atoms with Crippen molar-refractivity contribution in [2.24, 2.45) is 0 Å². The summed E-state index contributed by atoms with van der Waals surface area (Å²) >= 11 is 0. The number of nitrogens with zero attached hydrogens (tertiary/aromatic N) is 3. The van der Waals surface area contributed by atoms with Crippen molar-refractivity contribution >= 4 is 17.7 Å². The molecule has 1 fully saturated rings. The smallest absolute Gasteiger partial charge is 0.410 e. The number of aromatic nitrogens is 3. The molecule has 1 aliphatic rings. The van der Waals surface area contributed by atoms with E-state index in [1.807, 2.05) is 20.8 Å². The van der Waals surface area contributed by atoms with Crippen LogP contribution in [0.4, 0.5) is 4.79 Å². The van der Waals surface area contributed by atoms with Gasteiger partial charge in [0, 0.05) is 25.1 Å². The van der Waals surface area contributed by atoms with Crippen molar-refractivity contribution in [3.8, 4) is 0 Å². The van der Waals surface area contributed by atoms with E-state index >= 15 is 0 Å². The monoisotopic (exact) mass is 404 g/mol. The maximum atomic E-state index is 12.3. The summed E-state index contributed by atoms with van der Waals surface area (Å²) < 4.78 is 12.2. The molecular formula is C20H28N4O5. The molecule has 3 rings (SSSR count). The molecular weight excluding hydrogens is 376 g/mol. The zero-order valence-electron chi connectivity index (χ0n) is 17.6. The van der Waals surface area contributed by atoms with Crippen LogP contribution in [0.15, 0.2) is 10.9 Å². The van der Waals surface area contributed by atoms with Crippen LogP contribution in [0.3, 0.4) is 0 Å². The van der Waals surface area contributed by atoms with Crippen LogP contribution in [0.25, 0.3) is 5.65 Å². The average Bonchev–Trinajstić information content (AvgIpc) is 2.95. The number of hydrogen-bond donors (Lipinski definition) is 1. The quantitative estimate of drug-likeness (QED) is 0.788. The van der Waals surface area contributed by atoms with Gasteiger partial charge in [0.1, 0.15) is 11.2 Å². The van der Waals surface area contributed by atoms with Crippen LogP contribution >= 0.6 is 0 Å². The molecule has 0 bridgehead atoms. The maximum absolute atomic E-state index is 12.3. The number of hydrogen-bond acceptors (Lipinski definition) is 6. The van der Waals surface area contributed by atoms with Crippen molar-refractivity contribution in [2.45, 2.75) is 59.0 Å².